The number of hydrogen-bond donors (Lipinski definition) is 3. The Labute approximate surface area is 126 Å². The molecule has 0 spiro atoms. The number of hydrogen-bond acceptors (Lipinski definition) is 4. The zero-order chi connectivity index (χ0) is 15.3. The molecule has 3 N–H and O–H groups in total. The van der Waals surface area contributed by atoms with Crippen molar-refractivity contribution in [1.29, 1.82) is 0 Å². The van der Waals surface area contributed by atoms with Gasteiger partial charge in [0.25, 0.3) is 0 Å². The van der Waals surface area contributed by atoms with Gasteiger partial charge in [-0.3, -0.25) is 0 Å². The van der Waals surface area contributed by atoms with E-state index in [1.807, 2.05) is 39.0 Å². The summed E-state index contributed by atoms with van der Waals surface area (Å²) in [7, 11) is 0. The van der Waals surface area contributed by atoms with Gasteiger partial charge in [0.1, 0.15) is 5.60 Å². The van der Waals surface area contributed by atoms with E-state index in [2.05, 4.69) is 22.0 Å². The zero-order valence-corrected chi connectivity index (χ0v) is 13.0. The minimum atomic E-state index is -0.470. The van der Waals surface area contributed by atoms with Gasteiger partial charge in [-0.25, -0.2) is 4.79 Å². The molecule has 0 atom stereocenters. The van der Waals surface area contributed by atoms with Crippen molar-refractivity contribution in [2.75, 3.05) is 13.1 Å². The van der Waals surface area contributed by atoms with Crippen molar-refractivity contribution in [3.05, 3.63) is 35.4 Å². The molecule has 1 saturated heterocycles. The largest absolute Gasteiger partial charge is 0.444 e. The van der Waals surface area contributed by atoms with E-state index in [0.717, 1.165) is 25.2 Å². The first-order chi connectivity index (χ1) is 9.94. The first-order valence-electron chi connectivity index (χ1n) is 7.42. The molecule has 0 aliphatic carbocycles. The van der Waals surface area contributed by atoms with Crippen LogP contribution in [0.1, 0.15) is 31.9 Å². The van der Waals surface area contributed by atoms with Crippen LogP contribution >= 0.6 is 0 Å². The Morgan fingerprint density at radius 1 is 1.24 bits per heavy atom. The summed E-state index contributed by atoms with van der Waals surface area (Å²) >= 11 is 0. The fourth-order valence-corrected chi connectivity index (χ4v) is 2.07. The average molecular weight is 291 g/mol. The quantitative estimate of drug-likeness (QED) is 0.774. The lowest BCUT2D eigenvalue weighted by Crippen LogP contribution is -2.55. The number of carbonyl (C=O) groups is 1. The smallest absolute Gasteiger partial charge is 0.407 e. The molecule has 0 unspecified atom stereocenters. The maximum absolute atomic E-state index is 11.7. The number of rotatable bonds is 5. The third-order valence-electron chi connectivity index (χ3n) is 3.30. The number of benzene rings is 1. The standard InChI is InChI=1S/C16H25N3O2/c1-16(2,3)21-15(20)19-9-13-7-5-4-6-12(13)8-18-14-10-17-11-14/h4-7,14,17-18H,8-11H2,1-3H3,(H,19,20). The number of alkyl carbamates (subject to hydrolysis) is 1. The van der Waals surface area contributed by atoms with Gasteiger partial charge in [0.05, 0.1) is 0 Å². The van der Waals surface area contributed by atoms with Crippen LogP contribution in [0.5, 0.6) is 0 Å². The molecule has 1 aromatic carbocycles. The highest BCUT2D eigenvalue weighted by Crippen LogP contribution is 2.11. The van der Waals surface area contributed by atoms with Crippen LogP contribution in [0, 0.1) is 0 Å². The van der Waals surface area contributed by atoms with Gasteiger partial charge in [0.15, 0.2) is 0 Å². The zero-order valence-electron chi connectivity index (χ0n) is 13.0. The molecule has 0 saturated carbocycles. The van der Waals surface area contributed by atoms with Crippen molar-refractivity contribution in [2.24, 2.45) is 0 Å². The van der Waals surface area contributed by atoms with Crippen LogP contribution < -0.4 is 16.0 Å². The summed E-state index contributed by atoms with van der Waals surface area (Å²) in [5, 5.41) is 9.54. The average Bonchev–Trinajstić information content (AvgIpc) is 2.33. The van der Waals surface area contributed by atoms with Crippen LogP contribution in [-0.2, 0) is 17.8 Å². The molecular formula is C16H25N3O2. The highest BCUT2D eigenvalue weighted by atomic mass is 16.6. The van der Waals surface area contributed by atoms with Gasteiger partial charge in [-0.15, -0.1) is 0 Å². The second-order valence-corrected chi connectivity index (χ2v) is 6.36. The molecule has 116 valence electrons. The lowest BCUT2D eigenvalue weighted by molar-refractivity contribution is 0.0523. The molecule has 1 amide bonds. The van der Waals surface area contributed by atoms with E-state index in [0.29, 0.717) is 12.6 Å². The summed E-state index contributed by atoms with van der Waals surface area (Å²) in [6, 6.07) is 8.68. The van der Waals surface area contributed by atoms with Crippen LogP contribution in [0.15, 0.2) is 24.3 Å². The number of carbonyl (C=O) groups excluding carboxylic acids is 1. The van der Waals surface area contributed by atoms with Crippen LogP contribution in [-0.4, -0.2) is 30.8 Å². The Morgan fingerprint density at radius 3 is 2.38 bits per heavy atom. The highest BCUT2D eigenvalue weighted by Gasteiger charge is 2.17. The van der Waals surface area contributed by atoms with E-state index in [-0.39, 0.29) is 6.09 Å². The molecule has 1 aliphatic heterocycles. The molecule has 2 rings (SSSR count). The molecule has 1 aliphatic rings. The fraction of sp³-hybridized carbons (Fsp3) is 0.562. The molecule has 5 heteroatoms. The first-order valence-corrected chi connectivity index (χ1v) is 7.42. The van der Waals surface area contributed by atoms with Gasteiger partial charge < -0.3 is 20.7 Å². The molecule has 21 heavy (non-hydrogen) atoms. The second-order valence-electron chi connectivity index (χ2n) is 6.36. The number of amides is 1. The molecule has 1 aromatic rings. The summed E-state index contributed by atoms with van der Waals surface area (Å²) in [5.74, 6) is 0. The van der Waals surface area contributed by atoms with Gasteiger partial charge in [-0.05, 0) is 31.9 Å². The minimum absolute atomic E-state index is 0.381. The topological polar surface area (TPSA) is 62.4 Å². The normalized spacial score (nSPS) is 15.4. The Hall–Kier alpha value is -1.59. The molecule has 0 aromatic heterocycles. The van der Waals surface area contributed by atoms with Crippen molar-refractivity contribution in [3.63, 3.8) is 0 Å². The molecule has 5 nitrogen and oxygen atoms in total. The van der Waals surface area contributed by atoms with Crippen molar-refractivity contribution < 1.29 is 9.53 Å². The lowest BCUT2D eigenvalue weighted by Gasteiger charge is -2.28. The molecule has 0 bridgehead atoms. The van der Waals surface area contributed by atoms with Crippen molar-refractivity contribution in [2.45, 2.75) is 45.5 Å². The predicted octanol–water partition coefficient (Wildman–Crippen LogP) is 1.77. The summed E-state index contributed by atoms with van der Waals surface area (Å²) in [6.07, 6.45) is -0.381. The molecule has 0 radical (unpaired) electrons. The van der Waals surface area contributed by atoms with Gasteiger partial charge >= 0.3 is 6.09 Å². The Bertz CT molecular complexity index is 479. The van der Waals surface area contributed by atoms with E-state index in [4.69, 9.17) is 4.74 Å². The second kappa shape index (κ2) is 6.91. The van der Waals surface area contributed by atoms with Crippen molar-refractivity contribution in [3.8, 4) is 0 Å². The SMILES string of the molecule is CC(C)(C)OC(=O)NCc1ccccc1CNC1CNC1. The Morgan fingerprint density at radius 2 is 1.86 bits per heavy atom. The fourth-order valence-electron chi connectivity index (χ4n) is 2.07. The van der Waals surface area contributed by atoms with Gasteiger partial charge in [0.2, 0.25) is 0 Å². The van der Waals surface area contributed by atoms with Crippen LogP contribution in [0.2, 0.25) is 0 Å². The third-order valence-corrected chi connectivity index (χ3v) is 3.30. The maximum Gasteiger partial charge on any atom is 0.407 e. The van der Waals surface area contributed by atoms with Crippen LogP contribution in [0.3, 0.4) is 0 Å². The first kappa shape index (κ1) is 15.8. The summed E-state index contributed by atoms with van der Waals surface area (Å²) < 4.78 is 5.25. The highest BCUT2D eigenvalue weighted by molar-refractivity contribution is 5.67. The minimum Gasteiger partial charge on any atom is -0.444 e. The van der Waals surface area contributed by atoms with Gasteiger partial charge in [-0.2, -0.15) is 0 Å². The molecular weight excluding hydrogens is 266 g/mol. The van der Waals surface area contributed by atoms with Gasteiger partial charge in [-0.1, -0.05) is 24.3 Å². The Kier molecular flexibility index (Phi) is 5.20. The van der Waals surface area contributed by atoms with E-state index in [1.54, 1.807) is 0 Å². The number of nitrogens with one attached hydrogen (secondary N) is 3. The molecule has 1 fully saturated rings. The van der Waals surface area contributed by atoms with E-state index in [9.17, 15) is 4.79 Å². The lowest BCUT2D eigenvalue weighted by atomic mass is 10.1. The van der Waals surface area contributed by atoms with E-state index in [1.165, 1.54) is 5.56 Å². The van der Waals surface area contributed by atoms with Crippen LogP contribution in [0.4, 0.5) is 4.79 Å². The number of ether oxygens (including phenoxy) is 1. The summed E-state index contributed by atoms with van der Waals surface area (Å²) in [6.45, 7) is 8.93. The van der Waals surface area contributed by atoms with Crippen molar-refractivity contribution >= 4 is 6.09 Å². The monoisotopic (exact) mass is 291 g/mol. The third kappa shape index (κ3) is 5.36. The predicted molar refractivity (Wildman–Crippen MR) is 83.0 cm³/mol. The Balaban J connectivity index is 1.85. The van der Waals surface area contributed by atoms with Crippen molar-refractivity contribution in [1.82, 2.24) is 16.0 Å². The summed E-state index contributed by atoms with van der Waals surface area (Å²) in [5.41, 5.74) is 1.85. The van der Waals surface area contributed by atoms with E-state index < -0.39 is 5.60 Å². The molecule has 1 heterocycles. The van der Waals surface area contributed by atoms with E-state index >= 15 is 0 Å². The summed E-state index contributed by atoms with van der Waals surface area (Å²) in [4.78, 5) is 11.7. The van der Waals surface area contributed by atoms with Gasteiger partial charge in [0, 0.05) is 32.2 Å². The maximum atomic E-state index is 11.7. The van der Waals surface area contributed by atoms with Crippen LogP contribution in [0.25, 0.3) is 0 Å².